The summed E-state index contributed by atoms with van der Waals surface area (Å²) in [6, 6.07) is 7.33. The van der Waals surface area contributed by atoms with Gasteiger partial charge in [0.2, 0.25) is 5.92 Å². The molecule has 1 fully saturated rings. The number of alkyl halides is 2. The Morgan fingerprint density at radius 3 is 2.77 bits per heavy atom. The summed E-state index contributed by atoms with van der Waals surface area (Å²) in [6.45, 7) is 0. The van der Waals surface area contributed by atoms with Gasteiger partial charge in [0.15, 0.2) is 0 Å². The molecule has 1 aliphatic carbocycles. The molecule has 8 heteroatoms. The first-order valence-corrected chi connectivity index (χ1v) is 9.06. The lowest BCUT2D eigenvalue weighted by atomic mass is 9.92. The van der Waals surface area contributed by atoms with Crippen LogP contribution in [0.25, 0.3) is 0 Å². The van der Waals surface area contributed by atoms with Gasteiger partial charge in [-0.05, 0) is 30.5 Å². The third kappa shape index (κ3) is 3.40. The molecule has 2 N–H and O–H groups in total. The van der Waals surface area contributed by atoms with Crippen molar-refractivity contribution in [2.45, 2.75) is 50.2 Å². The topological polar surface area (TPSA) is 59.0 Å². The van der Waals surface area contributed by atoms with E-state index < -0.39 is 5.92 Å². The van der Waals surface area contributed by atoms with Gasteiger partial charge >= 0.3 is 0 Å². The van der Waals surface area contributed by atoms with Crippen LogP contribution in [0.1, 0.15) is 47.6 Å². The Balaban J connectivity index is 1.54. The monoisotopic (exact) mass is 380 g/mol. The summed E-state index contributed by atoms with van der Waals surface area (Å²) in [4.78, 5) is 12.4. The van der Waals surface area contributed by atoms with Crippen LogP contribution in [0.5, 0.6) is 0 Å². The number of aromatic nitrogens is 2. The number of rotatable bonds is 3. The maximum absolute atomic E-state index is 13.4. The second kappa shape index (κ2) is 6.54. The van der Waals surface area contributed by atoms with Gasteiger partial charge in [-0.15, -0.1) is 0 Å². The summed E-state index contributed by atoms with van der Waals surface area (Å²) in [7, 11) is 0. The zero-order chi connectivity index (χ0) is 18.3. The van der Waals surface area contributed by atoms with Gasteiger partial charge in [0.25, 0.3) is 5.91 Å². The van der Waals surface area contributed by atoms with Crippen molar-refractivity contribution >= 4 is 23.3 Å². The van der Waals surface area contributed by atoms with Crippen molar-refractivity contribution in [1.82, 2.24) is 15.1 Å². The lowest BCUT2D eigenvalue weighted by Crippen LogP contribution is -2.46. The molecule has 1 aliphatic heterocycles. The predicted octanol–water partition coefficient (Wildman–Crippen LogP) is 4.01. The number of benzene rings is 1. The molecule has 138 valence electrons. The molecule has 0 spiro atoms. The Labute approximate surface area is 154 Å². The second-order valence-corrected chi connectivity index (χ2v) is 7.38. The maximum Gasteiger partial charge on any atom is 0.258 e. The highest BCUT2D eigenvalue weighted by Crippen LogP contribution is 2.40. The van der Waals surface area contributed by atoms with Crippen LogP contribution in [0.15, 0.2) is 30.5 Å². The van der Waals surface area contributed by atoms with Gasteiger partial charge in [-0.1, -0.05) is 23.7 Å². The minimum Gasteiger partial charge on any atom is -0.349 e. The molecule has 0 radical (unpaired) electrons. The number of anilines is 1. The number of hydrogen-bond acceptors (Lipinski definition) is 3. The van der Waals surface area contributed by atoms with E-state index in [0.717, 1.165) is 5.56 Å². The van der Waals surface area contributed by atoms with E-state index in [0.29, 0.717) is 35.7 Å². The van der Waals surface area contributed by atoms with E-state index in [1.54, 1.807) is 10.7 Å². The number of hydrogen-bond donors (Lipinski definition) is 2. The number of halogens is 3. The third-order valence-electron chi connectivity index (χ3n) is 5.02. The van der Waals surface area contributed by atoms with E-state index >= 15 is 0 Å². The fourth-order valence-electron chi connectivity index (χ4n) is 3.66. The van der Waals surface area contributed by atoms with Gasteiger partial charge in [-0.2, -0.15) is 5.10 Å². The van der Waals surface area contributed by atoms with Crippen molar-refractivity contribution in [2.75, 3.05) is 5.32 Å². The number of nitrogens with zero attached hydrogens (tertiary/aromatic N) is 2. The van der Waals surface area contributed by atoms with E-state index in [9.17, 15) is 13.6 Å². The zero-order valence-corrected chi connectivity index (χ0v) is 14.8. The highest BCUT2D eigenvalue weighted by Gasteiger charge is 2.38. The van der Waals surface area contributed by atoms with Crippen LogP contribution in [0.2, 0.25) is 5.02 Å². The highest BCUT2D eigenvalue weighted by atomic mass is 35.5. The smallest absolute Gasteiger partial charge is 0.258 e. The molecular weight excluding hydrogens is 362 g/mol. The maximum atomic E-state index is 13.4. The Bertz CT molecular complexity index is 828. The van der Waals surface area contributed by atoms with Crippen molar-refractivity contribution in [3.63, 3.8) is 0 Å². The lowest BCUT2D eigenvalue weighted by Gasteiger charge is -2.32. The number of fused-ring (bicyclic) bond motifs is 1. The van der Waals surface area contributed by atoms with Crippen molar-refractivity contribution in [1.29, 1.82) is 0 Å². The molecule has 1 unspecified atom stereocenters. The molecule has 1 amide bonds. The molecule has 2 aliphatic rings. The molecule has 2 heterocycles. The van der Waals surface area contributed by atoms with Gasteiger partial charge in [0.1, 0.15) is 17.5 Å². The summed E-state index contributed by atoms with van der Waals surface area (Å²) in [5.74, 6) is -2.20. The molecule has 0 bridgehead atoms. The third-order valence-corrected chi connectivity index (χ3v) is 5.25. The number of carbonyl (C=O) groups is 1. The van der Waals surface area contributed by atoms with Crippen molar-refractivity contribution in [3.8, 4) is 0 Å². The minimum absolute atomic E-state index is 0.122. The molecular formula is C18H19ClF2N4O. The largest absolute Gasteiger partial charge is 0.349 e. The van der Waals surface area contributed by atoms with E-state index in [4.69, 9.17) is 11.6 Å². The summed E-state index contributed by atoms with van der Waals surface area (Å²) in [5.41, 5.74) is 1.44. The fourth-order valence-corrected chi connectivity index (χ4v) is 3.87. The van der Waals surface area contributed by atoms with Crippen LogP contribution in [0.3, 0.4) is 0 Å². The van der Waals surface area contributed by atoms with Gasteiger partial charge in [-0.3, -0.25) is 4.79 Å². The summed E-state index contributed by atoms with van der Waals surface area (Å²) >= 11 is 6.02. The van der Waals surface area contributed by atoms with Gasteiger partial charge in [0.05, 0.1) is 12.2 Å². The van der Waals surface area contributed by atoms with Crippen molar-refractivity contribution in [2.24, 2.45) is 0 Å². The van der Waals surface area contributed by atoms with Crippen LogP contribution in [0, 0.1) is 0 Å². The molecule has 2 aromatic rings. The van der Waals surface area contributed by atoms with Gasteiger partial charge in [0, 0.05) is 24.3 Å². The lowest BCUT2D eigenvalue weighted by molar-refractivity contribution is -0.0448. The molecule has 1 saturated carbocycles. The van der Waals surface area contributed by atoms with Crippen LogP contribution in [-0.2, 0) is 6.42 Å². The molecule has 1 aromatic heterocycles. The zero-order valence-electron chi connectivity index (χ0n) is 14.0. The molecule has 0 saturated heterocycles. The van der Waals surface area contributed by atoms with E-state index in [1.165, 1.54) is 6.20 Å². The number of nitrogens with one attached hydrogen (secondary N) is 2. The fraction of sp³-hybridized carbons (Fsp3) is 0.444. The van der Waals surface area contributed by atoms with Crippen molar-refractivity contribution in [3.05, 3.63) is 46.6 Å². The first kappa shape index (κ1) is 17.3. The molecule has 1 aromatic carbocycles. The molecule has 5 nitrogen and oxygen atoms in total. The van der Waals surface area contributed by atoms with Crippen LogP contribution in [0.4, 0.5) is 14.6 Å². The molecule has 26 heavy (non-hydrogen) atoms. The summed E-state index contributed by atoms with van der Waals surface area (Å²) in [6.07, 6.45) is 2.15. The van der Waals surface area contributed by atoms with E-state index in [1.807, 2.05) is 18.2 Å². The first-order valence-electron chi connectivity index (χ1n) is 8.68. The number of carbonyl (C=O) groups excluding carboxylic acids is 1. The van der Waals surface area contributed by atoms with Crippen LogP contribution < -0.4 is 10.6 Å². The first-order chi connectivity index (χ1) is 12.4. The van der Waals surface area contributed by atoms with Crippen molar-refractivity contribution < 1.29 is 13.6 Å². The SMILES string of the molecule is O=C1NC(Cc2cccc(Cl)c2)Nc2c1cnn2C1CCC(F)(F)CC1. The molecule has 4 rings (SSSR count). The normalized spacial score (nSPS) is 22.4. The van der Waals surface area contributed by atoms with Gasteiger partial charge < -0.3 is 10.6 Å². The Morgan fingerprint density at radius 2 is 2.04 bits per heavy atom. The van der Waals surface area contributed by atoms with Crippen LogP contribution >= 0.6 is 11.6 Å². The van der Waals surface area contributed by atoms with E-state index in [2.05, 4.69) is 15.7 Å². The minimum atomic E-state index is -2.59. The summed E-state index contributed by atoms with van der Waals surface area (Å²) in [5, 5.41) is 11.1. The quantitative estimate of drug-likeness (QED) is 0.845. The summed E-state index contributed by atoms with van der Waals surface area (Å²) < 4.78 is 28.6. The predicted molar refractivity (Wildman–Crippen MR) is 94.7 cm³/mol. The highest BCUT2D eigenvalue weighted by molar-refractivity contribution is 6.30. The van der Waals surface area contributed by atoms with Crippen LogP contribution in [-0.4, -0.2) is 27.8 Å². The average molecular weight is 381 g/mol. The Kier molecular flexibility index (Phi) is 4.34. The standard InChI is InChI=1S/C18H19ClF2N4O/c19-12-3-1-2-11(8-12)9-15-23-16-14(17(26)24-15)10-22-25(16)13-4-6-18(20,21)7-5-13/h1-3,8,10,13,15,23H,4-7,9H2,(H,24,26). The van der Waals surface area contributed by atoms with Gasteiger partial charge in [-0.25, -0.2) is 13.5 Å². The van der Waals surface area contributed by atoms with E-state index in [-0.39, 0.29) is 31.0 Å². The second-order valence-electron chi connectivity index (χ2n) is 6.94. The Hall–Kier alpha value is -2.15. The molecule has 1 atom stereocenters. The average Bonchev–Trinajstić information content (AvgIpc) is 2.99. The number of amides is 1. The Morgan fingerprint density at radius 1 is 1.27 bits per heavy atom.